The summed E-state index contributed by atoms with van der Waals surface area (Å²) in [5.41, 5.74) is 38.7. The van der Waals surface area contributed by atoms with Crippen LogP contribution in [-0.2, 0) is 0 Å². The average molecular weight is 1810 g/mol. The van der Waals surface area contributed by atoms with Crippen molar-refractivity contribution in [2.45, 2.75) is 0 Å². The first-order chi connectivity index (χ1) is 70.4. The molecule has 23 aromatic carbocycles. The van der Waals surface area contributed by atoms with Gasteiger partial charge in [-0.2, -0.15) is 0 Å². The summed E-state index contributed by atoms with van der Waals surface area (Å²) in [5.74, 6) is 0. The molecule has 0 atom stereocenters. The molecule has 6 heterocycles. The zero-order chi connectivity index (χ0) is 93.7. The van der Waals surface area contributed by atoms with Crippen molar-refractivity contribution in [1.29, 1.82) is 0 Å². The van der Waals surface area contributed by atoms with Crippen LogP contribution in [0.4, 0.5) is 0 Å². The minimum atomic E-state index is 1.16. The van der Waals surface area contributed by atoms with Gasteiger partial charge in [-0.05, 0) is 259 Å². The van der Waals surface area contributed by atoms with Gasteiger partial charge in [0.2, 0.25) is 0 Å². The highest BCUT2D eigenvalue weighted by Crippen LogP contribution is 2.47. The standard InChI is InChI=1S/C48H32N2.C46H30N2.C42H28N2/c1-4-12-33(13-5-1)35-20-25-40(26-21-35)49-45-19-11-10-18-41(45)43-30-36(23-28-46(43)49)37-24-29-47-44(31-37)42-27-22-38(34-14-6-2-7-15-34)32-48(42)50(47)39-16-8-3-9-17-39;1-3-12-31(13-4-1)35-22-25-39-41-29-33(23-26-44(41)47(46(39)30-35)36-16-5-2-6-17-36)34-24-27-45-40(28-34)38-19-9-10-20-43(38)48(45)42-21-11-15-32-14-7-8-18-37(32)42;1-4-12-29(13-5-1)32-20-23-36-38-27-31(22-25-41(38)44(42(36)28-32)34-16-8-3-9-17-34)30-21-24-40-37(26-30)35-18-10-11-19-39(35)43(40)33-14-6-2-7-15-33/h1-32H;1-30H;1-28H. The van der Waals surface area contributed by atoms with Crippen molar-refractivity contribution in [1.82, 2.24) is 27.4 Å². The van der Waals surface area contributed by atoms with Crippen molar-refractivity contribution in [3.05, 3.63) is 546 Å². The lowest BCUT2D eigenvalue weighted by molar-refractivity contribution is 1.18. The molecule has 0 bridgehead atoms. The molecule has 6 nitrogen and oxygen atoms in total. The predicted octanol–water partition coefficient (Wildman–Crippen LogP) is 36.5. The van der Waals surface area contributed by atoms with E-state index in [9.17, 15) is 0 Å². The normalized spacial score (nSPS) is 11.7. The van der Waals surface area contributed by atoms with E-state index in [0.717, 1.165) is 17.1 Å². The number of nitrogens with zero attached hydrogens (tertiary/aromatic N) is 6. The molecule has 0 amide bonds. The van der Waals surface area contributed by atoms with Crippen molar-refractivity contribution in [3.8, 4) is 112 Å². The fourth-order valence-corrected chi connectivity index (χ4v) is 22.3. The van der Waals surface area contributed by atoms with E-state index >= 15 is 0 Å². The molecule has 0 N–H and O–H groups in total. The molecule has 0 saturated heterocycles. The van der Waals surface area contributed by atoms with Gasteiger partial charge in [-0.25, -0.2) is 0 Å². The minimum absolute atomic E-state index is 1.16. The van der Waals surface area contributed by atoms with Gasteiger partial charge in [0.25, 0.3) is 0 Å². The zero-order valence-corrected chi connectivity index (χ0v) is 77.6. The molecule has 0 aliphatic rings. The van der Waals surface area contributed by atoms with E-state index in [0.29, 0.717) is 0 Å². The van der Waals surface area contributed by atoms with E-state index < -0.39 is 0 Å². The van der Waals surface area contributed by atoms with E-state index in [1.165, 1.54) is 237 Å². The van der Waals surface area contributed by atoms with Crippen LogP contribution in [0.25, 0.3) is 254 Å². The van der Waals surface area contributed by atoms with Crippen molar-refractivity contribution < 1.29 is 0 Å². The number of aromatic nitrogens is 6. The third-order valence-corrected chi connectivity index (χ3v) is 28.9. The molecular formula is C136H90N6. The van der Waals surface area contributed by atoms with Crippen LogP contribution < -0.4 is 0 Å². The van der Waals surface area contributed by atoms with Crippen molar-refractivity contribution >= 4 is 142 Å². The van der Waals surface area contributed by atoms with E-state index in [2.05, 4.69) is 573 Å². The van der Waals surface area contributed by atoms with Crippen LogP contribution >= 0.6 is 0 Å². The topological polar surface area (TPSA) is 29.6 Å². The number of hydrogen-bond acceptors (Lipinski definition) is 0. The maximum Gasteiger partial charge on any atom is 0.0547 e. The molecule has 0 aliphatic carbocycles. The molecule has 142 heavy (non-hydrogen) atoms. The Morgan fingerprint density at radius 3 is 0.592 bits per heavy atom. The molecule has 6 heteroatoms. The van der Waals surface area contributed by atoms with Gasteiger partial charge in [0.1, 0.15) is 0 Å². The van der Waals surface area contributed by atoms with Crippen LogP contribution in [0.15, 0.2) is 546 Å². The Hall–Kier alpha value is -18.9. The third-order valence-electron chi connectivity index (χ3n) is 28.9. The Kier molecular flexibility index (Phi) is 20.2. The predicted molar refractivity (Wildman–Crippen MR) is 601 cm³/mol. The van der Waals surface area contributed by atoms with Crippen molar-refractivity contribution in [2.75, 3.05) is 0 Å². The highest BCUT2D eigenvalue weighted by molar-refractivity contribution is 6.18. The van der Waals surface area contributed by atoms with Gasteiger partial charge < -0.3 is 27.4 Å². The van der Waals surface area contributed by atoms with E-state index in [1.807, 2.05) is 0 Å². The van der Waals surface area contributed by atoms with Crippen LogP contribution in [0, 0.1) is 0 Å². The molecule has 0 aliphatic heterocycles. The second-order valence-corrected chi connectivity index (χ2v) is 37.0. The minimum Gasteiger partial charge on any atom is -0.309 e. The largest absolute Gasteiger partial charge is 0.309 e. The van der Waals surface area contributed by atoms with E-state index in [4.69, 9.17) is 0 Å². The summed E-state index contributed by atoms with van der Waals surface area (Å²) in [4.78, 5) is 0. The maximum atomic E-state index is 2.43. The number of fused-ring (bicyclic) bond motifs is 19. The molecule has 0 saturated carbocycles. The first-order valence-corrected chi connectivity index (χ1v) is 48.8. The SMILES string of the molecule is c1ccc(-c2ccc(-n3c4ccccc4c4cc(-c5ccc6c(c5)c5ccc(-c7ccccc7)cc5n6-c5ccccc5)ccc43)cc2)cc1.c1ccc(-c2ccc3c4cc(-c5ccc6c(c5)c5ccccc5n6-c5cccc6ccccc56)ccc4n(-c4ccccc4)c3c2)cc1.c1ccc(-c2ccc3c4cc(-c5ccc6c(c5)c5ccccc5n6-c5ccccc5)ccc4n(-c4ccccc4)c3c2)cc1. The molecule has 0 radical (unpaired) electrons. The first-order valence-electron chi connectivity index (χ1n) is 48.8. The lowest BCUT2D eigenvalue weighted by Gasteiger charge is -2.12. The van der Waals surface area contributed by atoms with E-state index in [-0.39, 0.29) is 0 Å². The van der Waals surface area contributed by atoms with E-state index in [1.54, 1.807) is 0 Å². The Bertz CT molecular complexity index is 9920. The van der Waals surface area contributed by atoms with Gasteiger partial charge in [-0.1, -0.05) is 370 Å². The molecule has 0 spiro atoms. The second-order valence-electron chi connectivity index (χ2n) is 37.0. The van der Waals surface area contributed by atoms with Gasteiger partial charge >= 0.3 is 0 Å². The van der Waals surface area contributed by atoms with Crippen LogP contribution in [-0.4, -0.2) is 27.4 Å². The monoisotopic (exact) mass is 1810 g/mol. The zero-order valence-electron chi connectivity index (χ0n) is 77.6. The molecule has 29 aromatic rings. The van der Waals surface area contributed by atoms with Gasteiger partial charge in [0, 0.05) is 98.5 Å². The second kappa shape index (κ2) is 34.7. The summed E-state index contributed by atoms with van der Waals surface area (Å²) < 4.78 is 14.4. The molecule has 0 fully saturated rings. The summed E-state index contributed by atoms with van der Waals surface area (Å²) in [6.07, 6.45) is 0. The molecular weight excluding hydrogens is 1720 g/mol. The summed E-state index contributed by atoms with van der Waals surface area (Å²) in [6.45, 7) is 0. The fourth-order valence-electron chi connectivity index (χ4n) is 22.3. The highest BCUT2D eigenvalue weighted by Gasteiger charge is 2.24. The summed E-state index contributed by atoms with van der Waals surface area (Å²) >= 11 is 0. The van der Waals surface area contributed by atoms with Crippen LogP contribution in [0.3, 0.4) is 0 Å². The molecule has 29 rings (SSSR count). The number of hydrogen-bond donors (Lipinski definition) is 0. The fraction of sp³-hybridized carbons (Fsp3) is 0. The highest BCUT2D eigenvalue weighted by atomic mass is 15.0. The molecule has 6 aromatic heterocycles. The smallest absolute Gasteiger partial charge is 0.0547 e. The Morgan fingerprint density at radius 1 is 0.0915 bits per heavy atom. The van der Waals surface area contributed by atoms with Gasteiger partial charge in [-0.15, -0.1) is 0 Å². The number of rotatable bonds is 13. The van der Waals surface area contributed by atoms with Crippen molar-refractivity contribution in [3.63, 3.8) is 0 Å². The summed E-state index contributed by atoms with van der Waals surface area (Å²) in [5, 5.41) is 17.6. The average Bonchev–Trinajstić information content (AvgIpc) is 1.59. The first kappa shape index (κ1) is 82.6. The quantitative estimate of drug-likeness (QED) is 0.110. The van der Waals surface area contributed by atoms with Gasteiger partial charge in [0.05, 0.1) is 71.9 Å². The molecule has 664 valence electrons. The summed E-state index contributed by atoms with van der Waals surface area (Å²) in [6, 6.07) is 198. The van der Waals surface area contributed by atoms with Crippen LogP contribution in [0.2, 0.25) is 0 Å². The Morgan fingerprint density at radius 2 is 0.282 bits per heavy atom. The number of benzene rings is 23. The maximum absolute atomic E-state index is 2.43. The van der Waals surface area contributed by atoms with Crippen LogP contribution in [0.1, 0.15) is 0 Å². The Labute approximate surface area is 821 Å². The molecule has 0 unspecified atom stereocenters. The lowest BCUT2D eigenvalue weighted by Crippen LogP contribution is -1.95. The van der Waals surface area contributed by atoms with Crippen molar-refractivity contribution in [2.24, 2.45) is 0 Å². The lowest BCUT2D eigenvalue weighted by atomic mass is 9.99. The Balaban J connectivity index is 0.000000107. The third kappa shape index (κ3) is 14.3. The number of para-hydroxylation sites is 7. The summed E-state index contributed by atoms with van der Waals surface area (Å²) in [7, 11) is 0. The van der Waals surface area contributed by atoms with Gasteiger partial charge in [-0.3, -0.25) is 0 Å². The van der Waals surface area contributed by atoms with Crippen LogP contribution in [0.5, 0.6) is 0 Å². The van der Waals surface area contributed by atoms with Gasteiger partial charge in [0.15, 0.2) is 0 Å².